The molecule has 1 saturated heterocycles. The molecule has 0 radical (unpaired) electrons. The number of nitrogens with two attached hydrogens (primary N) is 1. The summed E-state index contributed by atoms with van der Waals surface area (Å²) in [5, 5.41) is 4.71. The highest BCUT2D eigenvalue weighted by atomic mass is 16.2. The van der Waals surface area contributed by atoms with Gasteiger partial charge in [-0.3, -0.25) is 5.43 Å². The smallest absolute Gasteiger partial charge is 0.333 e. The molecule has 0 unspecified atom stereocenters. The topological polar surface area (TPSA) is 70.4 Å². The lowest BCUT2D eigenvalue weighted by molar-refractivity contribution is 0.162. The molecule has 0 atom stereocenters. The number of nitrogens with one attached hydrogen (secondary N) is 2. The summed E-state index contributed by atoms with van der Waals surface area (Å²) in [4.78, 5) is 11.7. The van der Waals surface area contributed by atoms with Gasteiger partial charge in [0.05, 0.1) is 0 Å². The van der Waals surface area contributed by atoms with Crippen LogP contribution in [0, 0.1) is 0 Å². The Morgan fingerprint density at radius 3 is 2.71 bits per heavy atom. The van der Waals surface area contributed by atoms with Crippen molar-refractivity contribution in [1.29, 1.82) is 0 Å². The number of anilines is 2. The minimum atomic E-state index is -0.211. The van der Waals surface area contributed by atoms with Gasteiger partial charge >= 0.3 is 6.03 Å². The van der Waals surface area contributed by atoms with E-state index in [1.165, 1.54) is 6.42 Å². The van der Waals surface area contributed by atoms with Gasteiger partial charge in [-0.15, -0.1) is 0 Å². The molecule has 0 spiro atoms. The second-order valence-corrected chi connectivity index (χ2v) is 4.24. The van der Waals surface area contributed by atoms with Crippen LogP contribution in [0.3, 0.4) is 0 Å². The molecule has 1 aromatic carbocycles. The van der Waals surface area contributed by atoms with E-state index >= 15 is 0 Å². The lowest BCUT2D eigenvalue weighted by atomic mass is 10.2. The van der Waals surface area contributed by atoms with Gasteiger partial charge in [0.2, 0.25) is 0 Å². The van der Waals surface area contributed by atoms with Crippen molar-refractivity contribution < 1.29 is 4.79 Å². The fourth-order valence-electron chi connectivity index (χ4n) is 1.92. The van der Waals surface area contributed by atoms with Crippen LogP contribution in [-0.4, -0.2) is 24.1 Å². The van der Waals surface area contributed by atoms with Crippen LogP contribution in [0.2, 0.25) is 0 Å². The zero-order valence-corrected chi connectivity index (χ0v) is 9.78. The lowest BCUT2D eigenvalue weighted by Crippen LogP contribution is -2.46. The van der Waals surface area contributed by atoms with E-state index in [-0.39, 0.29) is 6.03 Å². The molecular weight excluding hydrogens is 216 g/mol. The van der Waals surface area contributed by atoms with Crippen LogP contribution >= 0.6 is 0 Å². The summed E-state index contributed by atoms with van der Waals surface area (Å²) in [5.74, 6) is 0. The Balaban J connectivity index is 1.84. The molecule has 5 nitrogen and oxygen atoms in total. The number of hydrazine groups is 1. The van der Waals surface area contributed by atoms with Gasteiger partial charge in [-0.05, 0) is 31.0 Å². The average molecular weight is 234 g/mol. The minimum Gasteiger partial charge on any atom is -0.399 e. The summed E-state index contributed by atoms with van der Waals surface area (Å²) in [6, 6.07) is 6.93. The molecule has 1 aliphatic rings. The van der Waals surface area contributed by atoms with Crippen LogP contribution in [0.1, 0.15) is 19.3 Å². The minimum absolute atomic E-state index is 0.211. The Labute approximate surface area is 101 Å². The third-order valence-corrected chi connectivity index (χ3v) is 2.76. The van der Waals surface area contributed by atoms with Crippen LogP contribution in [0.5, 0.6) is 0 Å². The third-order valence-electron chi connectivity index (χ3n) is 2.76. The zero-order chi connectivity index (χ0) is 12.1. The number of hydrogen-bond donors (Lipinski definition) is 3. The molecule has 2 rings (SSSR count). The maximum Gasteiger partial charge on any atom is 0.333 e. The normalized spacial score (nSPS) is 16.5. The Kier molecular flexibility index (Phi) is 3.82. The molecule has 17 heavy (non-hydrogen) atoms. The quantitative estimate of drug-likeness (QED) is 0.683. The first kappa shape index (κ1) is 11.7. The molecule has 1 aromatic rings. The van der Waals surface area contributed by atoms with E-state index in [1.807, 2.05) is 17.1 Å². The second-order valence-electron chi connectivity index (χ2n) is 4.24. The van der Waals surface area contributed by atoms with Crippen LogP contribution in [-0.2, 0) is 0 Å². The average Bonchev–Trinajstić information content (AvgIpc) is 2.30. The Bertz CT molecular complexity index is 388. The number of hydrogen-bond acceptors (Lipinski definition) is 3. The first-order valence-electron chi connectivity index (χ1n) is 5.92. The number of amides is 2. The van der Waals surface area contributed by atoms with Crippen LogP contribution in [0.25, 0.3) is 0 Å². The monoisotopic (exact) mass is 234 g/mol. The molecule has 0 aliphatic carbocycles. The number of benzene rings is 1. The van der Waals surface area contributed by atoms with E-state index in [1.54, 1.807) is 12.1 Å². The summed E-state index contributed by atoms with van der Waals surface area (Å²) in [6.45, 7) is 1.84. The first-order valence-corrected chi connectivity index (χ1v) is 5.92. The molecule has 5 heteroatoms. The Morgan fingerprint density at radius 2 is 2.00 bits per heavy atom. The number of rotatable bonds is 2. The van der Waals surface area contributed by atoms with Gasteiger partial charge < -0.3 is 11.1 Å². The second kappa shape index (κ2) is 5.54. The van der Waals surface area contributed by atoms with Crippen molar-refractivity contribution in [3.05, 3.63) is 24.3 Å². The summed E-state index contributed by atoms with van der Waals surface area (Å²) in [5.41, 5.74) is 9.81. The van der Waals surface area contributed by atoms with Crippen LogP contribution in [0.4, 0.5) is 16.2 Å². The van der Waals surface area contributed by atoms with Crippen LogP contribution in [0.15, 0.2) is 24.3 Å². The number of carbonyl (C=O) groups excluding carboxylic acids is 1. The summed E-state index contributed by atoms with van der Waals surface area (Å²) in [6.07, 6.45) is 3.52. The van der Waals surface area contributed by atoms with Crippen molar-refractivity contribution in [2.24, 2.45) is 0 Å². The van der Waals surface area contributed by atoms with Gasteiger partial charge in [0.1, 0.15) is 0 Å². The van der Waals surface area contributed by atoms with E-state index in [4.69, 9.17) is 5.73 Å². The van der Waals surface area contributed by atoms with Gasteiger partial charge in [-0.1, -0.05) is 12.5 Å². The predicted molar refractivity (Wildman–Crippen MR) is 68.4 cm³/mol. The standard InChI is InChI=1S/C12H18N4O/c13-10-5-4-6-11(9-10)14-12(17)15-16-7-2-1-3-8-16/h4-6,9H,1-3,7-8,13H2,(H2,14,15,17). The molecule has 1 aliphatic heterocycles. The molecule has 4 N–H and O–H groups in total. The highest BCUT2D eigenvalue weighted by Crippen LogP contribution is 2.11. The highest BCUT2D eigenvalue weighted by molar-refractivity contribution is 5.89. The van der Waals surface area contributed by atoms with Crippen molar-refractivity contribution in [2.75, 3.05) is 24.1 Å². The zero-order valence-electron chi connectivity index (χ0n) is 9.78. The van der Waals surface area contributed by atoms with Crippen LogP contribution < -0.4 is 16.5 Å². The van der Waals surface area contributed by atoms with Crippen molar-refractivity contribution >= 4 is 17.4 Å². The molecular formula is C12H18N4O. The number of nitrogens with zero attached hydrogens (tertiary/aromatic N) is 1. The van der Waals surface area contributed by atoms with Gasteiger partial charge in [0.15, 0.2) is 0 Å². The molecule has 1 heterocycles. The number of carbonyl (C=O) groups is 1. The van der Waals surface area contributed by atoms with Gasteiger partial charge in [0, 0.05) is 24.5 Å². The van der Waals surface area contributed by atoms with Gasteiger partial charge in [0.25, 0.3) is 0 Å². The lowest BCUT2D eigenvalue weighted by Gasteiger charge is -2.26. The van der Waals surface area contributed by atoms with E-state index in [9.17, 15) is 4.79 Å². The largest absolute Gasteiger partial charge is 0.399 e. The van der Waals surface area contributed by atoms with E-state index in [0.29, 0.717) is 11.4 Å². The van der Waals surface area contributed by atoms with Crippen molar-refractivity contribution in [2.45, 2.75) is 19.3 Å². The number of piperidine rings is 1. The molecule has 92 valence electrons. The summed E-state index contributed by atoms with van der Waals surface area (Å²) < 4.78 is 0. The highest BCUT2D eigenvalue weighted by Gasteiger charge is 2.12. The molecule has 2 amide bonds. The number of nitrogen functional groups attached to an aromatic ring is 1. The molecule has 0 saturated carbocycles. The molecule has 0 aromatic heterocycles. The van der Waals surface area contributed by atoms with E-state index < -0.39 is 0 Å². The predicted octanol–water partition coefficient (Wildman–Crippen LogP) is 1.79. The fourth-order valence-corrected chi connectivity index (χ4v) is 1.92. The summed E-state index contributed by atoms with van der Waals surface area (Å²) in [7, 11) is 0. The molecule has 0 bridgehead atoms. The maximum atomic E-state index is 11.7. The van der Waals surface area contributed by atoms with Crippen molar-refractivity contribution in [3.8, 4) is 0 Å². The maximum absolute atomic E-state index is 11.7. The first-order chi connectivity index (χ1) is 8.24. The fraction of sp³-hybridized carbons (Fsp3) is 0.417. The SMILES string of the molecule is Nc1cccc(NC(=O)NN2CCCCC2)c1. The molecule has 1 fully saturated rings. The number of urea groups is 1. The van der Waals surface area contributed by atoms with E-state index in [0.717, 1.165) is 25.9 Å². The van der Waals surface area contributed by atoms with Gasteiger partial charge in [-0.25, -0.2) is 9.80 Å². The summed E-state index contributed by atoms with van der Waals surface area (Å²) >= 11 is 0. The van der Waals surface area contributed by atoms with E-state index in [2.05, 4.69) is 10.7 Å². The van der Waals surface area contributed by atoms with Crippen molar-refractivity contribution in [1.82, 2.24) is 10.4 Å². The van der Waals surface area contributed by atoms with Crippen molar-refractivity contribution in [3.63, 3.8) is 0 Å². The van der Waals surface area contributed by atoms with Gasteiger partial charge in [-0.2, -0.15) is 0 Å². The third kappa shape index (κ3) is 3.64. The Morgan fingerprint density at radius 1 is 1.24 bits per heavy atom. The Hall–Kier alpha value is -1.75.